The average Bonchev–Trinajstić information content (AvgIpc) is 2.63. The van der Waals surface area contributed by atoms with Crippen LogP contribution in [0.25, 0.3) is 0 Å². The molecule has 0 heterocycles. The van der Waals surface area contributed by atoms with E-state index < -0.39 is 26.0 Å². The maximum Gasteiger partial charge on any atom is 0.255 e. The van der Waals surface area contributed by atoms with Gasteiger partial charge in [0, 0.05) is 24.3 Å². The van der Waals surface area contributed by atoms with Crippen molar-refractivity contribution >= 4 is 48.9 Å². The van der Waals surface area contributed by atoms with Crippen molar-refractivity contribution in [3.8, 4) is 0 Å². The highest BCUT2D eigenvalue weighted by Gasteiger charge is 2.21. The molecule has 0 bridgehead atoms. The summed E-state index contributed by atoms with van der Waals surface area (Å²) in [7, 11) is -7.07. The number of carbonyl (C=O) groups excluding carboxylic acids is 1. The number of anilines is 2. The zero-order valence-corrected chi connectivity index (χ0v) is 18.5. The topological polar surface area (TPSA) is 113 Å². The van der Waals surface area contributed by atoms with Crippen LogP contribution in [0.3, 0.4) is 0 Å². The van der Waals surface area contributed by atoms with E-state index in [-0.39, 0.29) is 21.2 Å². The lowest BCUT2D eigenvalue weighted by Crippen LogP contribution is -2.30. The Morgan fingerprint density at radius 2 is 1.59 bits per heavy atom. The fourth-order valence-corrected chi connectivity index (χ4v) is 4.88. The van der Waals surface area contributed by atoms with Crippen LogP contribution in [0.2, 0.25) is 5.02 Å². The molecule has 0 aliphatic carbocycles. The van der Waals surface area contributed by atoms with Gasteiger partial charge in [0.05, 0.1) is 21.9 Å². The maximum absolute atomic E-state index is 12.5. The summed E-state index contributed by atoms with van der Waals surface area (Å²) >= 11 is 6.03. The Hall–Kier alpha value is -2.14. The van der Waals surface area contributed by atoms with Gasteiger partial charge in [-0.15, -0.1) is 0 Å². The molecule has 2 aromatic rings. The Balaban J connectivity index is 2.16. The van der Waals surface area contributed by atoms with Gasteiger partial charge < -0.3 is 5.32 Å². The molecule has 29 heavy (non-hydrogen) atoms. The molecule has 0 aromatic heterocycles. The van der Waals surface area contributed by atoms with E-state index in [9.17, 15) is 21.6 Å². The third kappa shape index (κ3) is 5.92. The molecule has 0 unspecified atom stereocenters. The van der Waals surface area contributed by atoms with Crippen LogP contribution in [0.15, 0.2) is 47.4 Å². The summed E-state index contributed by atoms with van der Waals surface area (Å²) < 4.78 is 51.2. The van der Waals surface area contributed by atoms with Crippen molar-refractivity contribution in [3.63, 3.8) is 0 Å². The number of hydrogen-bond donors (Lipinski definition) is 2. The summed E-state index contributed by atoms with van der Waals surface area (Å²) in [5.74, 6) is -0.475. The third-order valence-electron chi connectivity index (χ3n) is 3.98. The first kappa shape index (κ1) is 23.1. The highest BCUT2D eigenvalue weighted by atomic mass is 35.5. The van der Waals surface area contributed by atoms with Gasteiger partial charge in [0.25, 0.3) is 5.91 Å². The van der Waals surface area contributed by atoms with Gasteiger partial charge in [-0.3, -0.25) is 9.52 Å². The fraction of sp³-hybridized carbons (Fsp3) is 0.278. The Morgan fingerprint density at radius 1 is 1.00 bits per heavy atom. The van der Waals surface area contributed by atoms with Crippen molar-refractivity contribution < 1.29 is 21.6 Å². The summed E-state index contributed by atoms with van der Waals surface area (Å²) in [6, 6.07) is 9.99. The largest absolute Gasteiger partial charge is 0.322 e. The van der Waals surface area contributed by atoms with Gasteiger partial charge in [-0.25, -0.2) is 16.8 Å². The summed E-state index contributed by atoms with van der Waals surface area (Å²) in [5, 5.41) is 2.72. The first-order chi connectivity index (χ1) is 13.5. The molecule has 0 saturated heterocycles. The smallest absolute Gasteiger partial charge is 0.255 e. The first-order valence-electron chi connectivity index (χ1n) is 8.66. The highest BCUT2D eigenvalue weighted by molar-refractivity contribution is 7.92. The molecule has 0 aliphatic heterocycles. The molecule has 0 spiro atoms. The van der Waals surface area contributed by atoms with E-state index in [0.29, 0.717) is 18.8 Å². The molecular weight excluding hydrogens is 438 g/mol. The van der Waals surface area contributed by atoms with Crippen molar-refractivity contribution in [2.75, 3.05) is 29.4 Å². The van der Waals surface area contributed by atoms with E-state index in [1.54, 1.807) is 13.8 Å². The lowest BCUT2D eigenvalue weighted by atomic mass is 10.2. The van der Waals surface area contributed by atoms with Crippen LogP contribution < -0.4 is 10.0 Å². The van der Waals surface area contributed by atoms with Crippen molar-refractivity contribution in [1.29, 1.82) is 0 Å². The van der Waals surface area contributed by atoms with Gasteiger partial charge >= 0.3 is 0 Å². The number of rotatable bonds is 8. The number of benzene rings is 2. The quantitative estimate of drug-likeness (QED) is 0.630. The maximum atomic E-state index is 12.5. The Bertz CT molecular complexity index is 1100. The van der Waals surface area contributed by atoms with Crippen LogP contribution in [-0.4, -0.2) is 46.4 Å². The molecule has 8 nitrogen and oxygen atoms in total. The number of carbonyl (C=O) groups is 1. The molecule has 2 rings (SSSR count). The minimum absolute atomic E-state index is 0.0729. The van der Waals surface area contributed by atoms with E-state index in [4.69, 9.17) is 11.6 Å². The van der Waals surface area contributed by atoms with Crippen molar-refractivity contribution in [1.82, 2.24) is 4.31 Å². The summed E-state index contributed by atoms with van der Waals surface area (Å²) in [6.45, 7) is 4.25. The molecule has 2 aromatic carbocycles. The second-order valence-corrected chi connectivity index (χ2v) is 10.2. The number of amides is 1. The average molecular weight is 460 g/mol. The van der Waals surface area contributed by atoms with Crippen molar-refractivity contribution in [3.05, 3.63) is 53.1 Å². The Morgan fingerprint density at radius 3 is 2.07 bits per heavy atom. The third-order valence-corrected chi connectivity index (χ3v) is 6.95. The second kappa shape index (κ2) is 9.12. The Labute approximate surface area is 176 Å². The number of halogens is 1. The van der Waals surface area contributed by atoms with Gasteiger partial charge in [0.1, 0.15) is 0 Å². The monoisotopic (exact) mass is 459 g/mol. The fourth-order valence-electron chi connectivity index (χ4n) is 2.56. The minimum Gasteiger partial charge on any atom is -0.322 e. The SMILES string of the molecule is CCN(CC)S(=O)(=O)c1ccc(NC(=O)c2ccc(NS(C)(=O)=O)c(Cl)c2)cc1. The lowest BCUT2D eigenvalue weighted by Gasteiger charge is -2.18. The number of nitrogens with zero attached hydrogens (tertiary/aromatic N) is 1. The number of nitrogens with one attached hydrogen (secondary N) is 2. The number of sulfonamides is 2. The molecule has 0 fully saturated rings. The van der Waals surface area contributed by atoms with Crippen LogP contribution in [0.4, 0.5) is 11.4 Å². The van der Waals surface area contributed by atoms with E-state index >= 15 is 0 Å². The summed E-state index contributed by atoms with van der Waals surface area (Å²) in [4.78, 5) is 12.5. The van der Waals surface area contributed by atoms with Gasteiger partial charge in [0.15, 0.2) is 0 Å². The van der Waals surface area contributed by atoms with Crippen LogP contribution in [0, 0.1) is 0 Å². The van der Waals surface area contributed by atoms with Crippen LogP contribution in [0.1, 0.15) is 24.2 Å². The summed E-state index contributed by atoms with van der Waals surface area (Å²) in [5.41, 5.74) is 0.786. The summed E-state index contributed by atoms with van der Waals surface area (Å²) in [6.07, 6.45) is 0.994. The van der Waals surface area contributed by atoms with Gasteiger partial charge in [-0.1, -0.05) is 25.4 Å². The molecule has 0 saturated carbocycles. The molecule has 0 atom stereocenters. The molecule has 11 heteroatoms. The van der Waals surface area contributed by atoms with Crippen molar-refractivity contribution in [2.45, 2.75) is 18.7 Å². The minimum atomic E-state index is -3.58. The van der Waals surface area contributed by atoms with E-state index in [0.717, 1.165) is 6.26 Å². The predicted octanol–water partition coefficient (Wildman–Crippen LogP) is 2.99. The van der Waals surface area contributed by atoms with Gasteiger partial charge in [-0.2, -0.15) is 4.31 Å². The molecule has 0 aliphatic rings. The van der Waals surface area contributed by atoms with Crippen LogP contribution in [0.5, 0.6) is 0 Å². The van der Waals surface area contributed by atoms with E-state index in [1.807, 2.05) is 0 Å². The zero-order chi connectivity index (χ0) is 21.8. The van der Waals surface area contributed by atoms with Gasteiger partial charge in [-0.05, 0) is 42.5 Å². The molecule has 158 valence electrons. The Kier molecular flexibility index (Phi) is 7.28. The number of hydrogen-bond acceptors (Lipinski definition) is 5. The van der Waals surface area contributed by atoms with Crippen LogP contribution >= 0.6 is 11.6 Å². The van der Waals surface area contributed by atoms with E-state index in [1.165, 1.54) is 46.8 Å². The lowest BCUT2D eigenvalue weighted by molar-refractivity contribution is 0.102. The predicted molar refractivity (Wildman–Crippen MR) is 114 cm³/mol. The highest BCUT2D eigenvalue weighted by Crippen LogP contribution is 2.25. The second-order valence-electron chi connectivity index (χ2n) is 6.14. The first-order valence-corrected chi connectivity index (χ1v) is 12.4. The molecular formula is C18H22ClN3O5S2. The normalized spacial score (nSPS) is 12.0. The van der Waals surface area contributed by atoms with Gasteiger partial charge in [0.2, 0.25) is 20.0 Å². The zero-order valence-electron chi connectivity index (χ0n) is 16.1. The standard InChI is InChI=1S/C18H22ClN3O5S2/c1-4-22(5-2)29(26,27)15-9-7-14(8-10-15)20-18(23)13-6-11-17(16(19)12-13)21-28(3,24)25/h6-12,21H,4-5H2,1-3H3,(H,20,23). The van der Waals surface area contributed by atoms with Crippen molar-refractivity contribution in [2.24, 2.45) is 0 Å². The van der Waals surface area contributed by atoms with E-state index in [2.05, 4.69) is 10.0 Å². The molecule has 0 radical (unpaired) electrons. The molecule has 2 N–H and O–H groups in total. The molecule has 1 amide bonds. The van der Waals surface area contributed by atoms with Crippen LogP contribution in [-0.2, 0) is 20.0 Å².